The molecule has 2 nitrogen and oxygen atoms in total. The largest absolute Gasteiger partial charge is 0.376 e. The minimum absolute atomic E-state index is 0.0658. The lowest BCUT2D eigenvalue weighted by atomic mass is 9.92. The second-order valence-electron chi connectivity index (χ2n) is 5.32. The van der Waals surface area contributed by atoms with Crippen LogP contribution in [-0.4, -0.2) is 19.3 Å². The fourth-order valence-electron chi connectivity index (χ4n) is 2.62. The second kappa shape index (κ2) is 6.83. The van der Waals surface area contributed by atoms with E-state index in [9.17, 15) is 8.78 Å². The number of hydrogen-bond donors (Lipinski definition) is 1. The zero-order valence-electron chi connectivity index (χ0n) is 11.8. The van der Waals surface area contributed by atoms with Crippen molar-refractivity contribution in [2.75, 3.05) is 13.2 Å². The molecule has 20 heavy (non-hydrogen) atoms. The Morgan fingerprint density at radius 1 is 1.40 bits per heavy atom. The predicted octanol–water partition coefficient (Wildman–Crippen LogP) is 4.08. The molecule has 1 aliphatic rings. The van der Waals surface area contributed by atoms with E-state index < -0.39 is 11.6 Å². The second-order valence-corrected chi connectivity index (χ2v) is 5.73. The van der Waals surface area contributed by atoms with Gasteiger partial charge in [0.25, 0.3) is 0 Å². The van der Waals surface area contributed by atoms with Crippen LogP contribution in [0.25, 0.3) is 0 Å². The molecule has 1 saturated heterocycles. The van der Waals surface area contributed by atoms with Crippen molar-refractivity contribution in [1.82, 2.24) is 5.32 Å². The summed E-state index contributed by atoms with van der Waals surface area (Å²) in [5, 5.41) is 3.58. The van der Waals surface area contributed by atoms with Crippen molar-refractivity contribution in [2.24, 2.45) is 5.92 Å². The molecule has 2 rings (SSSR count). The first-order valence-corrected chi connectivity index (χ1v) is 7.41. The average Bonchev–Trinajstić information content (AvgIpc) is 2.82. The first-order valence-electron chi connectivity index (χ1n) is 7.04. The van der Waals surface area contributed by atoms with E-state index >= 15 is 0 Å². The van der Waals surface area contributed by atoms with Gasteiger partial charge in [-0.1, -0.05) is 25.4 Å². The summed E-state index contributed by atoms with van der Waals surface area (Å²) in [5.41, 5.74) is 0.567. The fourth-order valence-corrected chi connectivity index (χ4v) is 2.89. The van der Waals surface area contributed by atoms with Crippen molar-refractivity contribution >= 4 is 11.6 Å². The minimum atomic E-state index is -0.923. The van der Waals surface area contributed by atoms with Gasteiger partial charge in [0.1, 0.15) is 0 Å². The van der Waals surface area contributed by atoms with Gasteiger partial charge in [0.2, 0.25) is 0 Å². The van der Waals surface area contributed by atoms with Gasteiger partial charge in [-0.05, 0) is 43.0 Å². The van der Waals surface area contributed by atoms with Crippen LogP contribution in [0.3, 0.4) is 0 Å². The molecule has 0 bridgehead atoms. The monoisotopic (exact) mass is 303 g/mol. The van der Waals surface area contributed by atoms with Crippen LogP contribution in [-0.2, 0) is 4.74 Å². The van der Waals surface area contributed by atoms with Crippen molar-refractivity contribution in [2.45, 2.75) is 38.8 Å². The Balaban J connectivity index is 2.32. The van der Waals surface area contributed by atoms with E-state index in [1.165, 1.54) is 6.07 Å². The summed E-state index contributed by atoms with van der Waals surface area (Å²) in [6, 6.07) is 2.00. The van der Waals surface area contributed by atoms with Crippen LogP contribution in [0.4, 0.5) is 8.78 Å². The van der Waals surface area contributed by atoms with Gasteiger partial charge < -0.3 is 10.1 Å². The molecule has 0 spiro atoms. The lowest BCUT2D eigenvalue weighted by Crippen LogP contribution is -2.35. The molecular formula is C15H20ClF2NO. The zero-order valence-corrected chi connectivity index (χ0v) is 12.5. The van der Waals surface area contributed by atoms with Crippen molar-refractivity contribution < 1.29 is 13.5 Å². The lowest BCUT2D eigenvalue weighted by Gasteiger charge is -2.28. The van der Waals surface area contributed by atoms with Crippen LogP contribution in [0.2, 0.25) is 5.02 Å². The minimum Gasteiger partial charge on any atom is -0.376 e. The Kier molecular flexibility index (Phi) is 5.35. The molecule has 0 aromatic heterocycles. The molecule has 1 fully saturated rings. The highest BCUT2D eigenvalue weighted by atomic mass is 35.5. The van der Waals surface area contributed by atoms with Crippen molar-refractivity contribution in [3.63, 3.8) is 0 Å². The van der Waals surface area contributed by atoms with E-state index in [4.69, 9.17) is 16.3 Å². The molecule has 1 aromatic rings. The highest BCUT2D eigenvalue weighted by Gasteiger charge is 2.34. The summed E-state index contributed by atoms with van der Waals surface area (Å²) < 4.78 is 32.5. The van der Waals surface area contributed by atoms with E-state index in [-0.39, 0.29) is 17.2 Å². The zero-order chi connectivity index (χ0) is 14.7. The van der Waals surface area contributed by atoms with E-state index in [0.717, 1.165) is 25.5 Å². The highest BCUT2D eigenvalue weighted by Crippen LogP contribution is 2.35. The summed E-state index contributed by atoms with van der Waals surface area (Å²) in [6.07, 6.45) is 1.85. The first-order chi connectivity index (χ1) is 9.54. The van der Waals surface area contributed by atoms with Gasteiger partial charge >= 0.3 is 0 Å². The van der Waals surface area contributed by atoms with Crippen LogP contribution in [0, 0.1) is 17.6 Å². The van der Waals surface area contributed by atoms with Gasteiger partial charge in [-0.15, -0.1) is 0 Å². The van der Waals surface area contributed by atoms with E-state index in [1.54, 1.807) is 0 Å². The van der Waals surface area contributed by atoms with E-state index in [2.05, 4.69) is 19.2 Å². The van der Waals surface area contributed by atoms with Gasteiger partial charge in [-0.3, -0.25) is 0 Å². The van der Waals surface area contributed by atoms with Crippen LogP contribution in [0.15, 0.2) is 12.1 Å². The number of ether oxygens (including phenoxy) is 1. The highest BCUT2D eigenvalue weighted by molar-refractivity contribution is 6.31. The van der Waals surface area contributed by atoms with Gasteiger partial charge in [-0.25, -0.2) is 8.78 Å². The Hall–Kier alpha value is -0.710. The molecule has 1 heterocycles. The Bertz CT molecular complexity index is 469. The lowest BCUT2D eigenvalue weighted by molar-refractivity contribution is 0.0606. The van der Waals surface area contributed by atoms with Gasteiger partial charge in [-0.2, -0.15) is 0 Å². The maximum atomic E-state index is 13.5. The van der Waals surface area contributed by atoms with E-state index in [1.807, 2.05) is 0 Å². The third-order valence-electron chi connectivity index (χ3n) is 3.76. The Labute approximate surface area is 123 Å². The Morgan fingerprint density at radius 3 is 2.70 bits per heavy atom. The van der Waals surface area contributed by atoms with E-state index in [0.29, 0.717) is 18.1 Å². The van der Waals surface area contributed by atoms with Crippen LogP contribution >= 0.6 is 11.6 Å². The topological polar surface area (TPSA) is 21.3 Å². The summed E-state index contributed by atoms with van der Waals surface area (Å²) in [5.74, 6) is -1.44. The van der Waals surface area contributed by atoms with Crippen molar-refractivity contribution in [3.8, 4) is 0 Å². The summed E-state index contributed by atoms with van der Waals surface area (Å²) in [7, 11) is 0. The predicted molar refractivity (Wildman–Crippen MR) is 75.9 cm³/mol. The molecule has 0 amide bonds. The van der Waals surface area contributed by atoms with Crippen LogP contribution in [0.1, 0.15) is 38.3 Å². The van der Waals surface area contributed by atoms with Crippen molar-refractivity contribution in [3.05, 3.63) is 34.4 Å². The quantitative estimate of drug-likeness (QED) is 0.828. The SMILES string of the molecule is CCCNC(c1cc(F)c(F)cc1Cl)C1OCCC1C. The smallest absolute Gasteiger partial charge is 0.160 e. The maximum absolute atomic E-state index is 13.5. The summed E-state index contributed by atoms with van der Waals surface area (Å²) in [4.78, 5) is 0. The van der Waals surface area contributed by atoms with Gasteiger partial charge in [0.05, 0.1) is 12.1 Å². The molecule has 0 aliphatic carbocycles. The average molecular weight is 304 g/mol. The van der Waals surface area contributed by atoms with Crippen molar-refractivity contribution in [1.29, 1.82) is 0 Å². The number of nitrogens with one attached hydrogen (secondary N) is 1. The van der Waals surface area contributed by atoms with Gasteiger partial charge in [0.15, 0.2) is 11.6 Å². The molecule has 3 atom stereocenters. The van der Waals surface area contributed by atoms with Crippen LogP contribution in [0.5, 0.6) is 0 Å². The molecular weight excluding hydrogens is 284 g/mol. The molecule has 3 unspecified atom stereocenters. The molecule has 5 heteroatoms. The Morgan fingerprint density at radius 2 is 2.10 bits per heavy atom. The number of hydrogen-bond acceptors (Lipinski definition) is 2. The fraction of sp³-hybridized carbons (Fsp3) is 0.600. The summed E-state index contributed by atoms with van der Waals surface area (Å²) >= 11 is 6.10. The van der Waals surface area contributed by atoms with Crippen LogP contribution < -0.4 is 5.32 Å². The molecule has 1 N–H and O–H groups in total. The molecule has 0 radical (unpaired) electrons. The molecule has 112 valence electrons. The number of halogens is 3. The molecule has 0 saturated carbocycles. The van der Waals surface area contributed by atoms with Gasteiger partial charge in [0, 0.05) is 11.6 Å². The third kappa shape index (κ3) is 3.30. The molecule has 1 aliphatic heterocycles. The molecule has 1 aromatic carbocycles. The summed E-state index contributed by atoms with van der Waals surface area (Å²) in [6.45, 7) is 5.62. The number of rotatable bonds is 5. The maximum Gasteiger partial charge on any atom is 0.160 e. The normalized spacial score (nSPS) is 24.1. The number of benzene rings is 1. The third-order valence-corrected chi connectivity index (χ3v) is 4.09. The standard InChI is InChI=1S/C15H20ClF2NO/c1-3-5-19-14(15-9(2)4-6-20-15)10-7-12(17)13(18)8-11(10)16/h7-9,14-15,19H,3-6H2,1-2H3. The first kappa shape index (κ1) is 15.7.